The van der Waals surface area contributed by atoms with Gasteiger partial charge in [-0.25, -0.2) is 0 Å². The van der Waals surface area contributed by atoms with Gasteiger partial charge in [-0.3, -0.25) is 14.9 Å². The molecular formula is C10H12ClN3O4. The molecule has 1 rings (SSSR count). The minimum Gasteiger partial charge on any atom is -0.395 e. The van der Waals surface area contributed by atoms with Crippen LogP contribution in [0.1, 0.15) is 0 Å². The highest BCUT2D eigenvalue weighted by Gasteiger charge is 2.12. The van der Waals surface area contributed by atoms with Crippen LogP contribution in [-0.4, -0.2) is 35.0 Å². The highest BCUT2D eigenvalue weighted by molar-refractivity contribution is 6.29. The Morgan fingerprint density at radius 2 is 2.17 bits per heavy atom. The first-order chi connectivity index (χ1) is 8.58. The molecule has 1 aromatic carbocycles. The Labute approximate surface area is 108 Å². The lowest BCUT2D eigenvalue weighted by Crippen LogP contribution is -2.15. The summed E-state index contributed by atoms with van der Waals surface area (Å²) in [7, 11) is 0. The van der Waals surface area contributed by atoms with Crippen LogP contribution < -0.4 is 10.6 Å². The van der Waals surface area contributed by atoms with Crippen molar-refractivity contribution in [1.82, 2.24) is 0 Å². The largest absolute Gasteiger partial charge is 0.395 e. The number of benzene rings is 1. The first-order valence-corrected chi connectivity index (χ1v) is 5.61. The molecular weight excluding hydrogens is 262 g/mol. The number of carbonyl (C=O) groups is 1. The molecule has 0 unspecified atom stereocenters. The second kappa shape index (κ2) is 6.77. The second-order valence-electron chi connectivity index (χ2n) is 3.32. The number of non-ortho nitro benzene ring substituents is 1. The Morgan fingerprint density at radius 3 is 2.72 bits per heavy atom. The van der Waals surface area contributed by atoms with Crippen LogP contribution >= 0.6 is 11.6 Å². The molecule has 1 amide bonds. The normalized spacial score (nSPS) is 9.89. The fourth-order valence-corrected chi connectivity index (χ4v) is 1.34. The maximum absolute atomic E-state index is 11.2. The number of alkyl halides is 1. The van der Waals surface area contributed by atoms with Crippen molar-refractivity contribution >= 4 is 34.6 Å². The molecule has 98 valence electrons. The summed E-state index contributed by atoms with van der Waals surface area (Å²) in [4.78, 5) is 21.3. The van der Waals surface area contributed by atoms with Gasteiger partial charge in [0.25, 0.3) is 5.69 Å². The number of halogens is 1. The van der Waals surface area contributed by atoms with Crippen molar-refractivity contribution in [3.8, 4) is 0 Å². The maximum Gasteiger partial charge on any atom is 0.271 e. The number of amides is 1. The van der Waals surface area contributed by atoms with Crippen LogP contribution in [0.25, 0.3) is 0 Å². The fourth-order valence-electron chi connectivity index (χ4n) is 1.28. The van der Waals surface area contributed by atoms with Crippen molar-refractivity contribution in [2.24, 2.45) is 0 Å². The van der Waals surface area contributed by atoms with Crippen LogP contribution in [-0.2, 0) is 4.79 Å². The van der Waals surface area contributed by atoms with E-state index in [1.165, 1.54) is 18.2 Å². The average molecular weight is 274 g/mol. The molecule has 0 spiro atoms. The van der Waals surface area contributed by atoms with Crippen molar-refractivity contribution in [2.45, 2.75) is 0 Å². The Kier molecular flexibility index (Phi) is 5.34. The van der Waals surface area contributed by atoms with Gasteiger partial charge in [0.15, 0.2) is 0 Å². The lowest BCUT2D eigenvalue weighted by Gasteiger charge is -2.11. The monoisotopic (exact) mass is 273 g/mol. The number of rotatable bonds is 6. The minimum absolute atomic E-state index is 0.0973. The zero-order valence-electron chi connectivity index (χ0n) is 9.35. The van der Waals surface area contributed by atoms with E-state index in [-0.39, 0.29) is 30.4 Å². The van der Waals surface area contributed by atoms with Crippen LogP contribution in [0.3, 0.4) is 0 Å². The zero-order valence-corrected chi connectivity index (χ0v) is 10.1. The van der Waals surface area contributed by atoms with E-state index in [2.05, 4.69) is 10.6 Å². The number of nitro benzene ring substituents is 1. The van der Waals surface area contributed by atoms with Gasteiger partial charge in [-0.2, -0.15) is 0 Å². The number of nitro groups is 1. The fraction of sp³-hybridized carbons (Fsp3) is 0.300. The van der Waals surface area contributed by atoms with Gasteiger partial charge in [0.05, 0.1) is 22.9 Å². The van der Waals surface area contributed by atoms with E-state index in [1.807, 2.05) is 0 Å². The predicted octanol–water partition coefficient (Wildman–Crippen LogP) is 1.18. The van der Waals surface area contributed by atoms with Gasteiger partial charge < -0.3 is 15.7 Å². The molecule has 0 aliphatic rings. The molecule has 0 bridgehead atoms. The summed E-state index contributed by atoms with van der Waals surface area (Å²) in [5.41, 5.74) is 0.589. The first kappa shape index (κ1) is 14.2. The van der Waals surface area contributed by atoms with Gasteiger partial charge in [-0.05, 0) is 6.07 Å². The van der Waals surface area contributed by atoms with Crippen molar-refractivity contribution in [1.29, 1.82) is 0 Å². The number of carbonyl (C=O) groups excluding carboxylic acids is 1. The molecule has 3 N–H and O–H groups in total. The van der Waals surface area contributed by atoms with Gasteiger partial charge in [0, 0.05) is 18.7 Å². The molecule has 7 nitrogen and oxygen atoms in total. The molecule has 0 fully saturated rings. The molecule has 0 aliphatic heterocycles. The molecule has 8 heteroatoms. The molecule has 0 saturated heterocycles. The average Bonchev–Trinajstić information content (AvgIpc) is 2.36. The van der Waals surface area contributed by atoms with Crippen LogP contribution in [0.15, 0.2) is 18.2 Å². The summed E-state index contributed by atoms with van der Waals surface area (Å²) in [5.74, 6) is -0.716. The number of nitrogens with zero attached hydrogens (tertiary/aromatic N) is 1. The van der Waals surface area contributed by atoms with Gasteiger partial charge in [0.2, 0.25) is 5.91 Å². The maximum atomic E-state index is 11.2. The Bertz CT molecular complexity index is 453. The molecule has 0 aliphatic carbocycles. The predicted molar refractivity (Wildman–Crippen MR) is 68.0 cm³/mol. The summed E-state index contributed by atoms with van der Waals surface area (Å²) < 4.78 is 0. The van der Waals surface area contributed by atoms with Crippen LogP contribution in [0.5, 0.6) is 0 Å². The van der Waals surface area contributed by atoms with Gasteiger partial charge in [0.1, 0.15) is 5.88 Å². The minimum atomic E-state index is -0.563. The smallest absolute Gasteiger partial charge is 0.271 e. The summed E-state index contributed by atoms with van der Waals surface area (Å²) in [6.45, 7) is 0.168. The zero-order chi connectivity index (χ0) is 13.5. The molecule has 0 atom stereocenters. The number of hydrogen-bond acceptors (Lipinski definition) is 5. The number of aliphatic hydroxyl groups excluding tert-OH is 1. The van der Waals surface area contributed by atoms with E-state index in [1.54, 1.807) is 0 Å². The van der Waals surface area contributed by atoms with Gasteiger partial charge in [-0.15, -0.1) is 11.6 Å². The highest BCUT2D eigenvalue weighted by atomic mass is 35.5. The first-order valence-electron chi connectivity index (χ1n) is 5.07. The van der Waals surface area contributed by atoms with Gasteiger partial charge in [-0.1, -0.05) is 0 Å². The van der Waals surface area contributed by atoms with E-state index in [0.29, 0.717) is 5.69 Å². The van der Waals surface area contributed by atoms with Crippen LogP contribution in [0.4, 0.5) is 17.1 Å². The number of hydrogen-bond donors (Lipinski definition) is 3. The van der Waals surface area contributed by atoms with E-state index in [4.69, 9.17) is 16.7 Å². The summed E-state index contributed by atoms with van der Waals surface area (Å²) >= 11 is 5.35. The van der Waals surface area contributed by atoms with Crippen LogP contribution in [0.2, 0.25) is 0 Å². The third-order valence-corrected chi connectivity index (χ3v) is 2.28. The molecule has 1 aromatic rings. The van der Waals surface area contributed by atoms with Crippen molar-refractivity contribution < 1.29 is 14.8 Å². The van der Waals surface area contributed by atoms with Crippen molar-refractivity contribution in [2.75, 3.05) is 29.7 Å². The van der Waals surface area contributed by atoms with Crippen molar-refractivity contribution in [3.63, 3.8) is 0 Å². The number of aliphatic hydroxyl groups is 1. The lowest BCUT2D eigenvalue weighted by molar-refractivity contribution is -0.384. The van der Waals surface area contributed by atoms with E-state index in [9.17, 15) is 14.9 Å². The van der Waals surface area contributed by atoms with Crippen molar-refractivity contribution in [3.05, 3.63) is 28.3 Å². The Hall–Kier alpha value is -1.86. The van der Waals surface area contributed by atoms with Crippen LogP contribution in [0, 0.1) is 10.1 Å². The number of anilines is 2. The Balaban J connectivity index is 3.01. The standard InChI is InChI=1S/C10H12ClN3O4/c11-6-10(16)13-9-5-7(14(17)18)1-2-8(9)12-3-4-15/h1-2,5,12,15H,3-4,6H2,(H,13,16). The SMILES string of the molecule is O=C(CCl)Nc1cc([N+](=O)[O-])ccc1NCCO. The number of nitrogens with one attached hydrogen (secondary N) is 2. The summed E-state index contributed by atoms with van der Waals surface area (Å²) in [6.07, 6.45) is 0. The summed E-state index contributed by atoms with van der Waals surface area (Å²) in [5, 5.41) is 24.6. The topological polar surface area (TPSA) is 104 Å². The third kappa shape index (κ3) is 3.86. The van der Waals surface area contributed by atoms with Gasteiger partial charge >= 0.3 is 0 Å². The highest BCUT2D eigenvalue weighted by Crippen LogP contribution is 2.26. The third-order valence-electron chi connectivity index (χ3n) is 2.04. The Morgan fingerprint density at radius 1 is 1.44 bits per heavy atom. The van der Waals surface area contributed by atoms with E-state index in [0.717, 1.165) is 0 Å². The second-order valence-corrected chi connectivity index (χ2v) is 3.59. The van der Waals surface area contributed by atoms with E-state index >= 15 is 0 Å². The molecule has 0 heterocycles. The molecule has 0 saturated carbocycles. The molecule has 0 radical (unpaired) electrons. The van der Waals surface area contributed by atoms with E-state index < -0.39 is 10.8 Å². The molecule has 0 aromatic heterocycles. The molecule has 18 heavy (non-hydrogen) atoms. The lowest BCUT2D eigenvalue weighted by atomic mass is 10.2. The summed E-state index contributed by atoms with van der Waals surface area (Å²) in [6, 6.07) is 3.98. The quantitative estimate of drug-likeness (QED) is 0.410.